The normalized spacial score (nSPS) is 25.9. The maximum Gasteiger partial charge on any atom is 0.179 e. The van der Waals surface area contributed by atoms with Crippen LogP contribution in [-0.4, -0.2) is 37.7 Å². The molecule has 0 aromatic heterocycles. The van der Waals surface area contributed by atoms with Gasteiger partial charge in [-0.3, -0.25) is 4.90 Å². The molecule has 0 radical (unpaired) electrons. The summed E-state index contributed by atoms with van der Waals surface area (Å²) in [5, 5.41) is 0.637. The van der Waals surface area contributed by atoms with E-state index in [2.05, 4.69) is 11.8 Å². The van der Waals surface area contributed by atoms with E-state index in [0.717, 1.165) is 38.3 Å². The Labute approximate surface area is 124 Å². The highest BCUT2D eigenvalue weighted by Gasteiger charge is 2.32. The topological polar surface area (TPSA) is 47.7 Å². The number of hydrogen-bond acceptors (Lipinski definition) is 4. The number of nitrogens with zero attached hydrogens (tertiary/aromatic N) is 1. The zero-order valence-corrected chi connectivity index (χ0v) is 12.6. The standard InChI is InChI=1S/C15H21ClN2O2/c1-15(9-17)2-3-18(10-15)8-11-6-12(16)14-13(7-11)19-4-5-20-14/h6-7H,2-5,8-10,17H2,1H3. The van der Waals surface area contributed by atoms with Gasteiger partial charge in [-0.2, -0.15) is 0 Å². The van der Waals surface area contributed by atoms with Crippen molar-refractivity contribution in [2.75, 3.05) is 32.8 Å². The van der Waals surface area contributed by atoms with Crippen LogP contribution in [0.1, 0.15) is 18.9 Å². The number of ether oxygens (including phenoxy) is 2. The maximum absolute atomic E-state index is 6.27. The Morgan fingerprint density at radius 2 is 2.15 bits per heavy atom. The quantitative estimate of drug-likeness (QED) is 0.930. The van der Waals surface area contributed by atoms with E-state index in [9.17, 15) is 0 Å². The number of likely N-dealkylation sites (tertiary alicyclic amines) is 1. The molecule has 5 heteroatoms. The minimum absolute atomic E-state index is 0.248. The third kappa shape index (κ3) is 2.73. The van der Waals surface area contributed by atoms with Crippen molar-refractivity contribution in [1.82, 2.24) is 4.90 Å². The van der Waals surface area contributed by atoms with Gasteiger partial charge in [0.1, 0.15) is 13.2 Å². The molecule has 0 saturated carbocycles. The number of rotatable bonds is 3. The number of halogens is 1. The lowest BCUT2D eigenvalue weighted by Gasteiger charge is -2.24. The average molecular weight is 297 g/mol. The van der Waals surface area contributed by atoms with Gasteiger partial charge in [-0.25, -0.2) is 0 Å². The molecule has 0 amide bonds. The van der Waals surface area contributed by atoms with Crippen LogP contribution in [0.5, 0.6) is 11.5 Å². The molecule has 2 aliphatic heterocycles. The Bertz CT molecular complexity index is 509. The van der Waals surface area contributed by atoms with Crippen LogP contribution in [0, 0.1) is 5.41 Å². The Morgan fingerprint density at radius 1 is 1.35 bits per heavy atom. The lowest BCUT2D eigenvalue weighted by Crippen LogP contribution is -2.31. The number of benzene rings is 1. The molecule has 0 aliphatic carbocycles. The Morgan fingerprint density at radius 3 is 2.90 bits per heavy atom. The van der Waals surface area contributed by atoms with Gasteiger partial charge in [0.05, 0.1) is 5.02 Å². The van der Waals surface area contributed by atoms with Gasteiger partial charge in [-0.1, -0.05) is 18.5 Å². The van der Waals surface area contributed by atoms with E-state index in [1.165, 1.54) is 5.56 Å². The predicted molar refractivity (Wildman–Crippen MR) is 79.5 cm³/mol. The summed E-state index contributed by atoms with van der Waals surface area (Å²) in [6.07, 6.45) is 1.15. The van der Waals surface area contributed by atoms with Crippen molar-refractivity contribution in [3.63, 3.8) is 0 Å². The van der Waals surface area contributed by atoms with E-state index >= 15 is 0 Å². The Balaban J connectivity index is 1.74. The fourth-order valence-corrected chi connectivity index (χ4v) is 3.23. The Hall–Kier alpha value is -0.970. The first-order chi connectivity index (χ1) is 9.59. The van der Waals surface area contributed by atoms with E-state index in [0.29, 0.717) is 24.0 Å². The van der Waals surface area contributed by atoms with Crippen LogP contribution in [0.4, 0.5) is 0 Å². The molecular formula is C15H21ClN2O2. The predicted octanol–water partition coefficient (Wildman–Crippen LogP) is 2.28. The summed E-state index contributed by atoms with van der Waals surface area (Å²) in [7, 11) is 0. The molecule has 2 aliphatic rings. The second-order valence-corrected chi connectivity index (χ2v) is 6.48. The highest BCUT2D eigenvalue weighted by atomic mass is 35.5. The molecule has 2 heterocycles. The molecule has 1 fully saturated rings. The van der Waals surface area contributed by atoms with Crippen LogP contribution < -0.4 is 15.2 Å². The van der Waals surface area contributed by atoms with Crippen molar-refractivity contribution in [2.24, 2.45) is 11.1 Å². The highest BCUT2D eigenvalue weighted by Crippen LogP contribution is 2.39. The number of nitrogens with two attached hydrogens (primary N) is 1. The molecule has 3 rings (SSSR count). The second-order valence-electron chi connectivity index (χ2n) is 6.08. The summed E-state index contributed by atoms with van der Waals surface area (Å²) in [5.41, 5.74) is 7.27. The lowest BCUT2D eigenvalue weighted by molar-refractivity contribution is 0.171. The fourth-order valence-electron chi connectivity index (χ4n) is 2.94. The van der Waals surface area contributed by atoms with Gasteiger partial charge >= 0.3 is 0 Å². The van der Waals surface area contributed by atoms with Crippen LogP contribution in [0.2, 0.25) is 5.02 Å². The molecule has 1 aromatic carbocycles. The molecule has 110 valence electrons. The zero-order valence-electron chi connectivity index (χ0n) is 11.8. The van der Waals surface area contributed by atoms with Gasteiger partial charge in [0.2, 0.25) is 0 Å². The van der Waals surface area contributed by atoms with E-state index in [1.54, 1.807) is 0 Å². The summed E-state index contributed by atoms with van der Waals surface area (Å²) >= 11 is 6.27. The van der Waals surface area contributed by atoms with E-state index in [-0.39, 0.29) is 5.41 Å². The van der Waals surface area contributed by atoms with E-state index in [4.69, 9.17) is 26.8 Å². The molecular weight excluding hydrogens is 276 g/mol. The summed E-state index contributed by atoms with van der Waals surface area (Å²) in [5.74, 6) is 1.44. The molecule has 1 saturated heterocycles. The fraction of sp³-hybridized carbons (Fsp3) is 0.600. The third-order valence-electron chi connectivity index (χ3n) is 4.19. The first-order valence-electron chi connectivity index (χ1n) is 7.10. The van der Waals surface area contributed by atoms with Crippen molar-refractivity contribution < 1.29 is 9.47 Å². The van der Waals surface area contributed by atoms with Gasteiger partial charge in [0, 0.05) is 13.1 Å². The minimum Gasteiger partial charge on any atom is -0.486 e. The first-order valence-corrected chi connectivity index (χ1v) is 7.48. The average Bonchev–Trinajstić information content (AvgIpc) is 2.81. The van der Waals surface area contributed by atoms with E-state index in [1.807, 2.05) is 12.1 Å². The first kappa shape index (κ1) is 14.0. The molecule has 4 nitrogen and oxygen atoms in total. The molecule has 1 aromatic rings. The molecule has 0 spiro atoms. The SMILES string of the molecule is CC1(CN)CCN(Cc2cc(Cl)c3c(c2)OCCO3)C1. The monoisotopic (exact) mass is 296 g/mol. The van der Waals surface area contributed by atoms with Crippen LogP contribution in [-0.2, 0) is 6.54 Å². The molecule has 2 N–H and O–H groups in total. The van der Waals surface area contributed by atoms with Crippen molar-refractivity contribution >= 4 is 11.6 Å². The van der Waals surface area contributed by atoms with Gasteiger partial charge in [0.25, 0.3) is 0 Å². The molecule has 20 heavy (non-hydrogen) atoms. The largest absolute Gasteiger partial charge is 0.486 e. The Kier molecular flexibility index (Phi) is 3.80. The zero-order chi connectivity index (χ0) is 14.2. The van der Waals surface area contributed by atoms with E-state index < -0.39 is 0 Å². The van der Waals surface area contributed by atoms with Crippen LogP contribution >= 0.6 is 11.6 Å². The molecule has 0 bridgehead atoms. The van der Waals surface area contributed by atoms with Crippen molar-refractivity contribution in [3.8, 4) is 11.5 Å². The second kappa shape index (κ2) is 5.43. The summed E-state index contributed by atoms with van der Waals surface area (Å²) in [4.78, 5) is 2.43. The van der Waals surface area contributed by atoms with Crippen molar-refractivity contribution in [3.05, 3.63) is 22.7 Å². The maximum atomic E-state index is 6.27. The third-order valence-corrected chi connectivity index (χ3v) is 4.47. The van der Waals surface area contributed by atoms with Gasteiger partial charge < -0.3 is 15.2 Å². The number of fused-ring (bicyclic) bond motifs is 1. The molecule has 1 unspecified atom stereocenters. The van der Waals surface area contributed by atoms with Crippen molar-refractivity contribution in [1.29, 1.82) is 0 Å². The van der Waals surface area contributed by atoms with Crippen LogP contribution in [0.25, 0.3) is 0 Å². The van der Waals surface area contributed by atoms with Gasteiger partial charge in [0.15, 0.2) is 11.5 Å². The minimum atomic E-state index is 0.248. The van der Waals surface area contributed by atoms with Crippen LogP contribution in [0.15, 0.2) is 12.1 Å². The number of hydrogen-bond donors (Lipinski definition) is 1. The van der Waals surface area contributed by atoms with Gasteiger partial charge in [-0.05, 0) is 42.6 Å². The summed E-state index contributed by atoms with van der Waals surface area (Å²) in [6, 6.07) is 4.02. The summed E-state index contributed by atoms with van der Waals surface area (Å²) in [6.45, 7) is 7.14. The molecule has 1 atom stereocenters. The van der Waals surface area contributed by atoms with Crippen LogP contribution in [0.3, 0.4) is 0 Å². The van der Waals surface area contributed by atoms with Gasteiger partial charge in [-0.15, -0.1) is 0 Å². The summed E-state index contributed by atoms with van der Waals surface area (Å²) < 4.78 is 11.2. The highest BCUT2D eigenvalue weighted by molar-refractivity contribution is 6.32. The van der Waals surface area contributed by atoms with Crippen molar-refractivity contribution in [2.45, 2.75) is 19.9 Å². The lowest BCUT2D eigenvalue weighted by atomic mass is 9.90. The smallest absolute Gasteiger partial charge is 0.179 e.